The summed E-state index contributed by atoms with van der Waals surface area (Å²) in [6, 6.07) is 6.90. The van der Waals surface area contributed by atoms with Crippen molar-refractivity contribution in [2.24, 2.45) is 0 Å². The van der Waals surface area contributed by atoms with Gasteiger partial charge < -0.3 is 4.74 Å². The van der Waals surface area contributed by atoms with E-state index >= 15 is 0 Å². The predicted molar refractivity (Wildman–Crippen MR) is 103 cm³/mol. The van der Waals surface area contributed by atoms with Crippen molar-refractivity contribution in [1.29, 1.82) is 0 Å². The maximum absolute atomic E-state index is 11.8. The van der Waals surface area contributed by atoms with Gasteiger partial charge in [-0.2, -0.15) is 0 Å². The smallest absolute Gasteiger partial charge is 0.338 e. The van der Waals surface area contributed by atoms with E-state index < -0.39 is 0 Å². The van der Waals surface area contributed by atoms with E-state index in [9.17, 15) is 4.79 Å². The first-order chi connectivity index (χ1) is 11.7. The number of hydrogen-bond donors (Lipinski definition) is 0. The van der Waals surface area contributed by atoms with Crippen LogP contribution in [0.4, 0.5) is 0 Å². The van der Waals surface area contributed by atoms with Crippen LogP contribution in [0, 0.1) is 0 Å². The number of benzene rings is 1. The summed E-state index contributed by atoms with van der Waals surface area (Å²) in [5.41, 5.74) is 0.529. The van der Waals surface area contributed by atoms with Gasteiger partial charge in [-0.1, -0.05) is 95.2 Å². The third-order valence-corrected chi connectivity index (χ3v) is 4.53. The SMILES string of the molecule is CCCCCCCCCCCCCCOC(=O)c1cccc(Cl)c1. The maximum atomic E-state index is 11.8. The van der Waals surface area contributed by atoms with Gasteiger partial charge in [-0.15, -0.1) is 0 Å². The number of ether oxygens (including phenoxy) is 1. The van der Waals surface area contributed by atoms with Gasteiger partial charge in [-0.3, -0.25) is 0 Å². The number of esters is 1. The molecule has 2 nitrogen and oxygen atoms in total. The molecule has 136 valence electrons. The first-order valence-electron chi connectivity index (χ1n) is 9.66. The minimum atomic E-state index is -0.277. The lowest BCUT2D eigenvalue weighted by Gasteiger charge is -2.05. The van der Waals surface area contributed by atoms with Crippen LogP contribution < -0.4 is 0 Å². The fraction of sp³-hybridized carbons (Fsp3) is 0.667. The molecular weight excluding hydrogens is 320 g/mol. The molecule has 0 saturated heterocycles. The molecule has 0 bridgehead atoms. The molecule has 0 atom stereocenters. The molecule has 0 aromatic heterocycles. The number of carbonyl (C=O) groups excluding carboxylic acids is 1. The summed E-state index contributed by atoms with van der Waals surface area (Å²) in [4.78, 5) is 11.8. The molecule has 0 aliphatic rings. The second kappa shape index (κ2) is 14.3. The summed E-state index contributed by atoms with van der Waals surface area (Å²) in [7, 11) is 0. The minimum Gasteiger partial charge on any atom is -0.462 e. The van der Waals surface area contributed by atoms with Crippen LogP contribution in [-0.4, -0.2) is 12.6 Å². The number of halogens is 1. The predicted octanol–water partition coefficient (Wildman–Crippen LogP) is 7.20. The highest BCUT2D eigenvalue weighted by Gasteiger charge is 2.06. The van der Waals surface area contributed by atoms with Gasteiger partial charge in [0.05, 0.1) is 12.2 Å². The highest BCUT2D eigenvalue weighted by Crippen LogP contribution is 2.13. The summed E-state index contributed by atoms with van der Waals surface area (Å²) < 4.78 is 5.28. The van der Waals surface area contributed by atoms with Crippen molar-refractivity contribution in [1.82, 2.24) is 0 Å². The Balaban J connectivity index is 1.88. The van der Waals surface area contributed by atoms with E-state index in [0.29, 0.717) is 17.2 Å². The van der Waals surface area contributed by atoms with Crippen molar-refractivity contribution in [2.75, 3.05) is 6.61 Å². The van der Waals surface area contributed by atoms with E-state index in [2.05, 4.69) is 6.92 Å². The Hall–Kier alpha value is -1.02. The third-order valence-electron chi connectivity index (χ3n) is 4.29. The van der Waals surface area contributed by atoms with Gasteiger partial charge in [-0.25, -0.2) is 4.79 Å². The van der Waals surface area contributed by atoms with E-state index in [1.165, 1.54) is 64.2 Å². The molecule has 0 radical (unpaired) electrons. The lowest BCUT2D eigenvalue weighted by atomic mass is 10.1. The summed E-state index contributed by atoms with van der Waals surface area (Å²) in [6.45, 7) is 2.76. The van der Waals surface area contributed by atoms with Gasteiger partial charge in [0.25, 0.3) is 0 Å². The zero-order chi connectivity index (χ0) is 17.5. The van der Waals surface area contributed by atoms with Crippen LogP contribution in [-0.2, 0) is 4.74 Å². The van der Waals surface area contributed by atoms with Gasteiger partial charge in [0.1, 0.15) is 0 Å². The lowest BCUT2D eigenvalue weighted by molar-refractivity contribution is 0.0497. The molecule has 0 aliphatic heterocycles. The zero-order valence-electron chi connectivity index (χ0n) is 15.2. The summed E-state index contributed by atoms with van der Waals surface area (Å²) in [6.07, 6.45) is 15.7. The molecule has 0 saturated carbocycles. The topological polar surface area (TPSA) is 26.3 Å². The molecule has 3 heteroatoms. The molecule has 1 aromatic rings. The number of hydrogen-bond acceptors (Lipinski definition) is 2. The van der Waals surface area contributed by atoms with Crippen LogP contribution >= 0.6 is 11.6 Å². The largest absolute Gasteiger partial charge is 0.462 e. The molecule has 24 heavy (non-hydrogen) atoms. The Bertz CT molecular complexity index is 445. The second-order valence-electron chi connectivity index (χ2n) is 6.54. The van der Waals surface area contributed by atoms with Crippen LogP contribution in [0.5, 0.6) is 0 Å². The Morgan fingerprint density at radius 2 is 1.42 bits per heavy atom. The van der Waals surface area contributed by atoms with E-state index in [1.54, 1.807) is 24.3 Å². The first kappa shape index (κ1) is 21.0. The van der Waals surface area contributed by atoms with Gasteiger partial charge in [0.15, 0.2) is 0 Å². The van der Waals surface area contributed by atoms with Crippen molar-refractivity contribution in [2.45, 2.75) is 84.0 Å². The van der Waals surface area contributed by atoms with Crippen LogP contribution in [0.1, 0.15) is 94.3 Å². The van der Waals surface area contributed by atoms with E-state index in [1.807, 2.05) is 0 Å². The molecule has 1 aromatic carbocycles. The van der Waals surface area contributed by atoms with Gasteiger partial charge in [-0.05, 0) is 24.6 Å². The highest BCUT2D eigenvalue weighted by atomic mass is 35.5. The standard InChI is InChI=1S/C21H33ClO2/c1-2-3-4-5-6-7-8-9-10-11-12-13-17-24-21(23)19-15-14-16-20(22)18-19/h14-16,18H,2-13,17H2,1H3. The van der Waals surface area contributed by atoms with Crippen molar-refractivity contribution < 1.29 is 9.53 Å². The molecule has 0 fully saturated rings. The Morgan fingerprint density at radius 3 is 1.96 bits per heavy atom. The Labute approximate surface area is 152 Å². The monoisotopic (exact) mass is 352 g/mol. The lowest BCUT2D eigenvalue weighted by Crippen LogP contribution is -2.06. The summed E-state index contributed by atoms with van der Waals surface area (Å²) in [5, 5.41) is 0.565. The maximum Gasteiger partial charge on any atom is 0.338 e. The normalized spacial score (nSPS) is 10.8. The quantitative estimate of drug-likeness (QED) is 0.261. The zero-order valence-corrected chi connectivity index (χ0v) is 16.0. The molecule has 0 amide bonds. The van der Waals surface area contributed by atoms with E-state index in [4.69, 9.17) is 16.3 Å². The summed E-state index contributed by atoms with van der Waals surface area (Å²) >= 11 is 5.87. The molecule has 0 unspecified atom stereocenters. The molecule has 0 spiro atoms. The fourth-order valence-corrected chi connectivity index (χ4v) is 3.00. The molecule has 1 rings (SSSR count). The second-order valence-corrected chi connectivity index (χ2v) is 6.97. The van der Waals surface area contributed by atoms with Gasteiger partial charge in [0.2, 0.25) is 0 Å². The van der Waals surface area contributed by atoms with E-state index in [-0.39, 0.29) is 5.97 Å². The number of rotatable bonds is 14. The van der Waals surface area contributed by atoms with Crippen LogP contribution in [0.2, 0.25) is 5.02 Å². The van der Waals surface area contributed by atoms with Crippen molar-refractivity contribution in [3.05, 3.63) is 34.9 Å². The van der Waals surface area contributed by atoms with Crippen LogP contribution in [0.15, 0.2) is 24.3 Å². The van der Waals surface area contributed by atoms with Crippen molar-refractivity contribution in [3.8, 4) is 0 Å². The Morgan fingerprint density at radius 1 is 0.875 bits per heavy atom. The third kappa shape index (κ3) is 10.7. The van der Waals surface area contributed by atoms with Crippen molar-refractivity contribution in [3.63, 3.8) is 0 Å². The number of unbranched alkanes of at least 4 members (excludes halogenated alkanes) is 11. The van der Waals surface area contributed by atoms with Gasteiger partial charge >= 0.3 is 5.97 Å². The average molecular weight is 353 g/mol. The van der Waals surface area contributed by atoms with Gasteiger partial charge in [0, 0.05) is 5.02 Å². The Kier molecular flexibility index (Phi) is 12.6. The van der Waals surface area contributed by atoms with Crippen LogP contribution in [0.3, 0.4) is 0 Å². The molecule has 0 N–H and O–H groups in total. The fourth-order valence-electron chi connectivity index (χ4n) is 2.81. The first-order valence-corrected chi connectivity index (χ1v) is 10.0. The van der Waals surface area contributed by atoms with Crippen LogP contribution in [0.25, 0.3) is 0 Å². The van der Waals surface area contributed by atoms with Crippen molar-refractivity contribution >= 4 is 17.6 Å². The molecular formula is C21H33ClO2. The molecule has 0 aliphatic carbocycles. The minimum absolute atomic E-state index is 0.277. The summed E-state index contributed by atoms with van der Waals surface area (Å²) in [5.74, 6) is -0.277. The average Bonchev–Trinajstić information content (AvgIpc) is 2.59. The van der Waals surface area contributed by atoms with E-state index in [0.717, 1.165) is 12.8 Å². The number of carbonyl (C=O) groups is 1. The molecule has 0 heterocycles. The highest BCUT2D eigenvalue weighted by molar-refractivity contribution is 6.30.